The van der Waals surface area contributed by atoms with Crippen molar-refractivity contribution >= 4 is 6.16 Å². The lowest BCUT2D eigenvalue weighted by Crippen LogP contribution is -2.23. The highest BCUT2D eigenvalue weighted by atomic mass is 16.7. The van der Waals surface area contributed by atoms with Crippen LogP contribution in [0.3, 0.4) is 0 Å². The zero-order valence-corrected chi connectivity index (χ0v) is 9.41. The van der Waals surface area contributed by atoms with Crippen molar-refractivity contribution in [2.45, 2.75) is 51.7 Å². The van der Waals surface area contributed by atoms with Crippen LogP contribution in [0.4, 0.5) is 4.79 Å². The van der Waals surface area contributed by atoms with Crippen LogP contribution in [0.1, 0.15) is 45.4 Å². The van der Waals surface area contributed by atoms with Gasteiger partial charge in [0.05, 0.1) is 6.61 Å². The van der Waals surface area contributed by atoms with E-state index < -0.39 is 6.16 Å². The number of nitrogens with zero attached hydrogens (tertiary/aromatic N) is 1. The molecule has 0 bridgehead atoms. The van der Waals surface area contributed by atoms with Crippen molar-refractivity contribution in [3.8, 4) is 0 Å². The van der Waals surface area contributed by atoms with E-state index in [9.17, 15) is 4.79 Å². The highest BCUT2D eigenvalue weighted by molar-refractivity contribution is 5.60. The third kappa shape index (κ3) is 5.62. The van der Waals surface area contributed by atoms with Crippen molar-refractivity contribution in [2.24, 2.45) is 0 Å². The molecule has 0 aromatic carbocycles. The summed E-state index contributed by atoms with van der Waals surface area (Å²) < 4.78 is 9.92. The Kier molecular flexibility index (Phi) is 6.16. The monoisotopic (exact) mass is 214 g/mol. The molecule has 4 nitrogen and oxygen atoms in total. The summed E-state index contributed by atoms with van der Waals surface area (Å²) in [6.07, 6.45) is 5.43. The lowest BCUT2D eigenvalue weighted by molar-refractivity contribution is 0.0168. The molecule has 0 aromatic rings. The van der Waals surface area contributed by atoms with Gasteiger partial charge in [0.15, 0.2) is 6.23 Å². The van der Waals surface area contributed by atoms with Gasteiger partial charge in [-0.1, -0.05) is 26.2 Å². The third-order valence-electron chi connectivity index (χ3n) is 2.39. The van der Waals surface area contributed by atoms with Crippen molar-refractivity contribution in [3.63, 3.8) is 0 Å². The van der Waals surface area contributed by atoms with Crippen molar-refractivity contribution in [2.75, 3.05) is 13.2 Å². The van der Waals surface area contributed by atoms with Crippen LogP contribution in [-0.4, -0.2) is 25.5 Å². The molecule has 1 atom stereocenters. The smallest absolute Gasteiger partial charge is 0.434 e. The molecule has 1 aliphatic heterocycles. The van der Waals surface area contributed by atoms with Gasteiger partial charge in [0.25, 0.3) is 0 Å². The molecule has 1 unspecified atom stereocenters. The number of ether oxygens (including phenoxy) is 2. The molecule has 1 radical (unpaired) electrons. The normalized spacial score (nSPS) is 20.2. The van der Waals surface area contributed by atoms with Gasteiger partial charge in [-0.3, -0.25) is 0 Å². The number of unbranched alkanes of at least 4 members (excludes halogenated alkanes) is 3. The van der Waals surface area contributed by atoms with Gasteiger partial charge in [-0.05, 0) is 12.8 Å². The van der Waals surface area contributed by atoms with Gasteiger partial charge in [0, 0.05) is 13.0 Å². The fourth-order valence-corrected chi connectivity index (χ4v) is 1.52. The van der Waals surface area contributed by atoms with Crippen LogP contribution in [0.15, 0.2) is 0 Å². The van der Waals surface area contributed by atoms with E-state index in [-0.39, 0.29) is 6.23 Å². The predicted molar refractivity (Wildman–Crippen MR) is 56.6 cm³/mol. The van der Waals surface area contributed by atoms with E-state index in [1.54, 1.807) is 0 Å². The largest absolute Gasteiger partial charge is 0.509 e. The molecule has 1 rings (SSSR count). The Hall–Kier alpha value is -0.770. The summed E-state index contributed by atoms with van der Waals surface area (Å²) in [4.78, 5) is 11.1. The topological polar surface area (TPSA) is 49.6 Å². The summed E-state index contributed by atoms with van der Waals surface area (Å²) in [5, 5.41) is 4.11. The zero-order chi connectivity index (χ0) is 10.9. The predicted octanol–water partition coefficient (Wildman–Crippen LogP) is 2.44. The molecule has 1 saturated heterocycles. The van der Waals surface area contributed by atoms with Gasteiger partial charge in [-0.25, -0.2) is 10.1 Å². The van der Waals surface area contributed by atoms with Crippen LogP contribution in [0.2, 0.25) is 0 Å². The van der Waals surface area contributed by atoms with Crippen LogP contribution in [0.5, 0.6) is 0 Å². The van der Waals surface area contributed by atoms with E-state index >= 15 is 0 Å². The number of carbonyl (C=O) groups is 1. The Bertz CT molecular complexity index is 179. The Morgan fingerprint density at radius 1 is 1.40 bits per heavy atom. The van der Waals surface area contributed by atoms with Gasteiger partial charge in [0.2, 0.25) is 0 Å². The molecule has 1 heterocycles. The van der Waals surface area contributed by atoms with E-state index in [1.807, 2.05) is 0 Å². The van der Waals surface area contributed by atoms with Gasteiger partial charge >= 0.3 is 6.16 Å². The highest BCUT2D eigenvalue weighted by Crippen LogP contribution is 2.09. The van der Waals surface area contributed by atoms with Gasteiger partial charge in [0.1, 0.15) is 0 Å². The van der Waals surface area contributed by atoms with Gasteiger partial charge in [-0.2, -0.15) is 0 Å². The molecule has 87 valence electrons. The highest BCUT2D eigenvalue weighted by Gasteiger charge is 2.20. The maximum Gasteiger partial charge on any atom is 0.509 e. The second kappa shape index (κ2) is 7.51. The fraction of sp³-hybridized carbons (Fsp3) is 0.909. The van der Waals surface area contributed by atoms with E-state index in [0.29, 0.717) is 6.61 Å². The lowest BCUT2D eigenvalue weighted by atomic mass is 10.2. The first-order valence-electron chi connectivity index (χ1n) is 5.83. The maximum absolute atomic E-state index is 11.1. The van der Waals surface area contributed by atoms with Gasteiger partial charge < -0.3 is 9.47 Å². The molecule has 0 N–H and O–H groups in total. The van der Waals surface area contributed by atoms with Gasteiger partial charge in [-0.15, -0.1) is 0 Å². The minimum absolute atomic E-state index is 0.256. The van der Waals surface area contributed by atoms with Crippen molar-refractivity contribution < 1.29 is 14.3 Å². The molecule has 4 heteroatoms. The molecule has 1 aliphatic rings. The summed E-state index contributed by atoms with van der Waals surface area (Å²) in [6, 6.07) is 0. The molecule has 0 aromatic heterocycles. The van der Waals surface area contributed by atoms with Crippen LogP contribution in [0, 0.1) is 0 Å². The standard InChI is InChI=1S/C11H20NO3/c1-2-3-4-5-9-14-11(13)15-10-7-6-8-12-10/h10H,2-9H2,1H3. The molecular weight excluding hydrogens is 194 g/mol. The molecule has 15 heavy (non-hydrogen) atoms. The second-order valence-electron chi connectivity index (χ2n) is 3.78. The van der Waals surface area contributed by atoms with Crippen LogP contribution >= 0.6 is 0 Å². The second-order valence-corrected chi connectivity index (χ2v) is 3.78. The first-order valence-corrected chi connectivity index (χ1v) is 5.83. The number of rotatable bonds is 6. The first kappa shape index (κ1) is 12.3. The number of hydrogen-bond acceptors (Lipinski definition) is 3. The van der Waals surface area contributed by atoms with Crippen molar-refractivity contribution in [1.82, 2.24) is 5.32 Å². The Morgan fingerprint density at radius 2 is 2.27 bits per heavy atom. The molecule has 0 aliphatic carbocycles. The molecule has 0 saturated carbocycles. The number of hydrogen-bond donors (Lipinski definition) is 0. The fourth-order valence-electron chi connectivity index (χ4n) is 1.52. The minimum atomic E-state index is -0.567. The summed E-state index contributed by atoms with van der Waals surface area (Å²) in [5.41, 5.74) is 0. The van der Waals surface area contributed by atoms with Crippen LogP contribution < -0.4 is 5.32 Å². The first-order chi connectivity index (χ1) is 7.33. The molecule has 1 fully saturated rings. The minimum Gasteiger partial charge on any atom is -0.434 e. The summed E-state index contributed by atoms with van der Waals surface area (Å²) >= 11 is 0. The van der Waals surface area contributed by atoms with E-state index in [4.69, 9.17) is 9.47 Å². The van der Waals surface area contributed by atoms with E-state index in [0.717, 1.165) is 32.2 Å². The summed E-state index contributed by atoms with van der Waals surface area (Å²) in [5.74, 6) is 0. The SMILES string of the molecule is CCCCCCOC(=O)OC1CCC[N]1. The van der Waals surface area contributed by atoms with Crippen molar-refractivity contribution in [3.05, 3.63) is 0 Å². The summed E-state index contributed by atoms with van der Waals surface area (Å²) in [6.45, 7) is 3.41. The average Bonchev–Trinajstić information content (AvgIpc) is 2.70. The lowest BCUT2D eigenvalue weighted by Gasteiger charge is -2.10. The maximum atomic E-state index is 11.1. The van der Waals surface area contributed by atoms with E-state index in [1.165, 1.54) is 12.8 Å². The van der Waals surface area contributed by atoms with Crippen LogP contribution in [-0.2, 0) is 9.47 Å². The quantitative estimate of drug-likeness (QED) is 0.504. The molecule has 0 amide bonds. The average molecular weight is 214 g/mol. The summed E-state index contributed by atoms with van der Waals surface area (Å²) in [7, 11) is 0. The third-order valence-corrected chi connectivity index (χ3v) is 2.39. The Labute approximate surface area is 91.3 Å². The Balaban J connectivity index is 1.93. The molecule has 0 spiro atoms. The Morgan fingerprint density at radius 3 is 2.93 bits per heavy atom. The van der Waals surface area contributed by atoms with E-state index in [2.05, 4.69) is 12.2 Å². The molecular formula is C11H20NO3. The van der Waals surface area contributed by atoms with Crippen molar-refractivity contribution in [1.29, 1.82) is 0 Å². The zero-order valence-electron chi connectivity index (χ0n) is 9.41. The number of carbonyl (C=O) groups excluding carboxylic acids is 1. The van der Waals surface area contributed by atoms with Crippen LogP contribution in [0.25, 0.3) is 0 Å².